The Labute approximate surface area is 139 Å². The summed E-state index contributed by atoms with van der Waals surface area (Å²) in [6.45, 7) is 6.29. The van der Waals surface area contributed by atoms with Crippen LogP contribution in [0.4, 0.5) is 5.69 Å². The molecular weight excluding hydrogens is 288 g/mol. The Morgan fingerprint density at radius 3 is 2.57 bits per heavy atom. The fourth-order valence-electron chi connectivity index (χ4n) is 3.92. The number of para-hydroxylation sites is 1. The second kappa shape index (κ2) is 6.62. The Kier molecular flexibility index (Phi) is 4.74. The van der Waals surface area contributed by atoms with E-state index in [1.807, 2.05) is 18.2 Å². The van der Waals surface area contributed by atoms with E-state index in [2.05, 4.69) is 30.1 Å². The summed E-state index contributed by atoms with van der Waals surface area (Å²) in [6.07, 6.45) is 4.05. The fourth-order valence-corrected chi connectivity index (χ4v) is 3.92. The van der Waals surface area contributed by atoms with Gasteiger partial charge in [0.1, 0.15) is 0 Å². The number of likely N-dealkylation sites (tertiary alicyclic amines) is 1. The summed E-state index contributed by atoms with van der Waals surface area (Å²) in [5, 5.41) is 3.12. The van der Waals surface area contributed by atoms with Crippen LogP contribution in [0.1, 0.15) is 38.7 Å². The van der Waals surface area contributed by atoms with Crippen LogP contribution in [0.5, 0.6) is 0 Å². The van der Waals surface area contributed by atoms with Gasteiger partial charge in [0.2, 0.25) is 5.91 Å². The Hall–Kier alpha value is -1.39. The minimum atomic E-state index is -0.0754. The molecule has 4 nitrogen and oxygen atoms in total. The average Bonchev–Trinajstić information content (AvgIpc) is 2.73. The van der Waals surface area contributed by atoms with E-state index in [1.54, 1.807) is 7.11 Å². The van der Waals surface area contributed by atoms with Crippen LogP contribution in [-0.2, 0) is 16.0 Å². The molecule has 0 saturated carbocycles. The Morgan fingerprint density at radius 1 is 1.17 bits per heavy atom. The smallest absolute Gasteiger partial charge is 0.241 e. The van der Waals surface area contributed by atoms with Gasteiger partial charge in [0.25, 0.3) is 0 Å². The molecule has 0 bridgehead atoms. The molecule has 1 aromatic rings. The third kappa shape index (κ3) is 3.43. The van der Waals surface area contributed by atoms with Crippen molar-refractivity contribution in [1.29, 1.82) is 0 Å². The van der Waals surface area contributed by atoms with Gasteiger partial charge in [-0.05, 0) is 70.2 Å². The van der Waals surface area contributed by atoms with Gasteiger partial charge in [-0.25, -0.2) is 0 Å². The number of piperidine rings is 1. The highest BCUT2D eigenvalue weighted by Crippen LogP contribution is 2.32. The summed E-state index contributed by atoms with van der Waals surface area (Å²) in [6, 6.07) is 8.14. The number of fused-ring (bicyclic) bond motifs is 1. The molecule has 0 aliphatic carbocycles. The molecule has 2 aliphatic rings. The lowest BCUT2D eigenvalue weighted by Gasteiger charge is -2.41. The van der Waals surface area contributed by atoms with Crippen LogP contribution in [0.3, 0.4) is 0 Å². The Balaban J connectivity index is 1.64. The van der Waals surface area contributed by atoms with Crippen LogP contribution in [0, 0.1) is 5.92 Å². The molecule has 1 saturated heterocycles. The molecule has 0 radical (unpaired) electrons. The van der Waals surface area contributed by atoms with Gasteiger partial charge in [-0.1, -0.05) is 18.2 Å². The van der Waals surface area contributed by atoms with E-state index in [9.17, 15) is 4.79 Å². The number of aryl methyl sites for hydroxylation is 1. The number of anilines is 1. The van der Waals surface area contributed by atoms with Gasteiger partial charge in [0, 0.05) is 12.8 Å². The summed E-state index contributed by atoms with van der Waals surface area (Å²) >= 11 is 0. The lowest BCUT2D eigenvalue weighted by molar-refractivity contribution is -0.122. The van der Waals surface area contributed by atoms with Crippen LogP contribution in [0.2, 0.25) is 0 Å². The summed E-state index contributed by atoms with van der Waals surface area (Å²) < 4.78 is 5.64. The van der Waals surface area contributed by atoms with E-state index in [1.165, 1.54) is 5.56 Å². The van der Waals surface area contributed by atoms with E-state index < -0.39 is 0 Å². The number of carbonyl (C=O) groups excluding carboxylic acids is 1. The zero-order valence-corrected chi connectivity index (χ0v) is 14.5. The molecule has 1 atom stereocenters. The van der Waals surface area contributed by atoms with Crippen molar-refractivity contribution < 1.29 is 9.53 Å². The third-order valence-corrected chi connectivity index (χ3v) is 5.74. The average molecular weight is 316 g/mol. The van der Waals surface area contributed by atoms with Crippen molar-refractivity contribution in [3.63, 3.8) is 0 Å². The third-order valence-electron chi connectivity index (χ3n) is 5.74. The number of carbonyl (C=O) groups is 1. The number of ether oxygens (including phenoxy) is 1. The first-order chi connectivity index (χ1) is 11.0. The van der Waals surface area contributed by atoms with Gasteiger partial charge in [-0.15, -0.1) is 0 Å². The number of hydrogen-bond donors (Lipinski definition) is 1. The van der Waals surface area contributed by atoms with Crippen LogP contribution in [-0.4, -0.2) is 42.6 Å². The van der Waals surface area contributed by atoms with E-state index in [0.717, 1.165) is 44.5 Å². The van der Waals surface area contributed by atoms with E-state index >= 15 is 0 Å². The van der Waals surface area contributed by atoms with Crippen molar-refractivity contribution in [2.75, 3.05) is 25.5 Å². The number of nitrogens with zero attached hydrogens (tertiary/aromatic N) is 1. The predicted molar refractivity (Wildman–Crippen MR) is 92.6 cm³/mol. The highest BCUT2D eigenvalue weighted by atomic mass is 16.5. The molecule has 3 rings (SSSR count). The molecule has 2 heterocycles. The fraction of sp³-hybridized carbons (Fsp3) is 0.632. The lowest BCUT2D eigenvalue weighted by Crippen LogP contribution is -2.50. The molecule has 1 aromatic carbocycles. The molecule has 2 aliphatic heterocycles. The number of rotatable bonds is 3. The van der Waals surface area contributed by atoms with Crippen molar-refractivity contribution in [2.24, 2.45) is 5.92 Å². The molecule has 1 unspecified atom stereocenters. The van der Waals surface area contributed by atoms with E-state index in [-0.39, 0.29) is 17.6 Å². The van der Waals surface area contributed by atoms with Gasteiger partial charge in [0.15, 0.2) is 0 Å². The standard InChI is InChI=1S/C19H28N2O2/c1-19(2,23-3)15-10-12-21(13-11-15)17-9-8-14-6-4-5-7-16(14)20-18(17)22/h4-7,15,17H,8-13H2,1-3H3,(H,20,22). The number of methoxy groups -OCH3 is 1. The van der Waals surface area contributed by atoms with E-state index in [4.69, 9.17) is 4.74 Å². The lowest BCUT2D eigenvalue weighted by atomic mass is 9.82. The molecular formula is C19H28N2O2. The maximum atomic E-state index is 12.6. The SMILES string of the molecule is COC(C)(C)C1CCN(C2CCc3ccccc3NC2=O)CC1. The minimum absolute atomic E-state index is 0.00555. The monoisotopic (exact) mass is 316 g/mol. The van der Waals surface area contributed by atoms with Crippen LogP contribution in [0.25, 0.3) is 0 Å². The topological polar surface area (TPSA) is 41.6 Å². The first-order valence-corrected chi connectivity index (χ1v) is 8.69. The van der Waals surface area contributed by atoms with Crippen molar-refractivity contribution in [3.05, 3.63) is 29.8 Å². The Morgan fingerprint density at radius 2 is 1.87 bits per heavy atom. The highest BCUT2D eigenvalue weighted by Gasteiger charge is 2.36. The van der Waals surface area contributed by atoms with Gasteiger partial charge in [-0.2, -0.15) is 0 Å². The molecule has 0 aromatic heterocycles. The quantitative estimate of drug-likeness (QED) is 0.932. The normalized spacial score (nSPS) is 24.0. The molecule has 126 valence electrons. The summed E-state index contributed by atoms with van der Waals surface area (Å²) in [4.78, 5) is 15.0. The van der Waals surface area contributed by atoms with Crippen LogP contribution >= 0.6 is 0 Å². The maximum Gasteiger partial charge on any atom is 0.241 e. The maximum absolute atomic E-state index is 12.6. The van der Waals surface area contributed by atoms with Crippen LogP contribution in [0.15, 0.2) is 24.3 Å². The van der Waals surface area contributed by atoms with Crippen molar-refractivity contribution in [3.8, 4) is 0 Å². The molecule has 23 heavy (non-hydrogen) atoms. The second-order valence-electron chi connectivity index (χ2n) is 7.32. The largest absolute Gasteiger partial charge is 0.379 e. The van der Waals surface area contributed by atoms with Crippen molar-refractivity contribution >= 4 is 11.6 Å². The number of amides is 1. The molecule has 4 heteroatoms. The summed E-state index contributed by atoms with van der Waals surface area (Å²) in [5.74, 6) is 0.717. The van der Waals surface area contributed by atoms with Gasteiger partial charge in [-0.3, -0.25) is 9.69 Å². The minimum Gasteiger partial charge on any atom is -0.379 e. The Bertz CT molecular complexity index is 562. The van der Waals surface area contributed by atoms with Crippen molar-refractivity contribution in [1.82, 2.24) is 4.90 Å². The molecule has 1 N–H and O–H groups in total. The summed E-state index contributed by atoms with van der Waals surface area (Å²) in [5.41, 5.74) is 2.16. The van der Waals surface area contributed by atoms with Gasteiger partial charge >= 0.3 is 0 Å². The van der Waals surface area contributed by atoms with E-state index in [0.29, 0.717) is 5.92 Å². The first kappa shape index (κ1) is 16.5. The number of hydrogen-bond acceptors (Lipinski definition) is 3. The molecule has 1 amide bonds. The number of benzene rings is 1. The zero-order chi connectivity index (χ0) is 16.4. The molecule has 1 fully saturated rings. The molecule has 0 spiro atoms. The predicted octanol–water partition coefficient (Wildman–Crippen LogP) is 3.08. The second-order valence-corrected chi connectivity index (χ2v) is 7.32. The van der Waals surface area contributed by atoms with Crippen molar-refractivity contribution in [2.45, 2.75) is 51.2 Å². The first-order valence-electron chi connectivity index (χ1n) is 8.69. The summed E-state index contributed by atoms with van der Waals surface area (Å²) in [7, 11) is 1.79. The zero-order valence-electron chi connectivity index (χ0n) is 14.5. The van der Waals surface area contributed by atoms with Gasteiger partial charge < -0.3 is 10.1 Å². The highest BCUT2D eigenvalue weighted by molar-refractivity contribution is 5.96. The van der Waals surface area contributed by atoms with Crippen LogP contribution < -0.4 is 5.32 Å². The van der Waals surface area contributed by atoms with Gasteiger partial charge in [0.05, 0.1) is 11.6 Å². The number of nitrogens with one attached hydrogen (secondary N) is 1.